The molecule has 2 saturated heterocycles. The fourth-order valence-corrected chi connectivity index (χ4v) is 4.91. The largest absolute Gasteiger partial charge is 0.458 e. The molecule has 1 amide bonds. The van der Waals surface area contributed by atoms with Crippen LogP contribution in [-0.4, -0.2) is 43.4 Å². The number of fused-ring (bicyclic) bond motifs is 2. The van der Waals surface area contributed by atoms with Gasteiger partial charge in [0.1, 0.15) is 12.6 Å². The Hall–Kier alpha value is -2.15. The summed E-state index contributed by atoms with van der Waals surface area (Å²) in [5, 5.41) is 0. The molecule has 0 saturated carbocycles. The summed E-state index contributed by atoms with van der Waals surface area (Å²) in [5.74, 6) is 0.265. The molecule has 2 unspecified atom stereocenters. The SMILES string of the molecule is Cc1nc2ccccc2nc1COC(=O)C1CSC2(C)CCC(=O)N12. The number of benzene rings is 1. The molecular weight excluding hydrogens is 338 g/mol. The number of aromatic nitrogens is 2. The molecule has 130 valence electrons. The highest BCUT2D eigenvalue weighted by molar-refractivity contribution is 8.01. The highest BCUT2D eigenvalue weighted by atomic mass is 32.2. The van der Waals surface area contributed by atoms with Gasteiger partial charge in [0.15, 0.2) is 0 Å². The van der Waals surface area contributed by atoms with Gasteiger partial charge in [0.05, 0.1) is 27.3 Å². The van der Waals surface area contributed by atoms with Crippen molar-refractivity contribution in [2.45, 2.75) is 44.2 Å². The number of carbonyl (C=O) groups is 2. The summed E-state index contributed by atoms with van der Waals surface area (Å²) < 4.78 is 5.49. The molecule has 2 fully saturated rings. The molecule has 0 spiro atoms. The van der Waals surface area contributed by atoms with E-state index in [1.807, 2.05) is 38.1 Å². The molecule has 6 nitrogen and oxygen atoms in total. The summed E-state index contributed by atoms with van der Waals surface area (Å²) >= 11 is 1.66. The van der Waals surface area contributed by atoms with Gasteiger partial charge in [-0.1, -0.05) is 12.1 Å². The van der Waals surface area contributed by atoms with Crippen LogP contribution in [0.5, 0.6) is 0 Å². The van der Waals surface area contributed by atoms with Crippen molar-refractivity contribution >= 4 is 34.7 Å². The number of nitrogens with zero attached hydrogens (tertiary/aromatic N) is 3. The first-order valence-electron chi connectivity index (χ1n) is 8.33. The molecule has 4 rings (SSSR count). The predicted molar refractivity (Wildman–Crippen MR) is 94.8 cm³/mol. The number of amides is 1. The lowest BCUT2D eigenvalue weighted by Gasteiger charge is -2.29. The number of hydrogen-bond donors (Lipinski definition) is 0. The number of ether oxygens (including phenoxy) is 1. The molecule has 2 aromatic rings. The van der Waals surface area contributed by atoms with Gasteiger partial charge in [-0.3, -0.25) is 4.79 Å². The summed E-state index contributed by atoms with van der Waals surface area (Å²) in [4.78, 5) is 35.2. The number of rotatable bonds is 3. The van der Waals surface area contributed by atoms with Crippen LogP contribution in [0.3, 0.4) is 0 Å². The molecular formula is C18H19N3O3S. The maximum Gasteiger partial charge on any atom is 0.330 e. The highest BCUT2D eigenvalue weighted by Gasteiger charge is 2.53. The Balaban J connectivity index is 1.49. The lowest BCUT2D eigenvalue weighted by molar-refractivity contribution is -0.154. The van der Waals surface area contributed by atoms with Crippen molar-refractivity contribution in [3.8, 4) is 0 Å². The second kappa shape index (κ2) is 5.98. The van der Waals surface area contributed by atoms with E-state index in [1.54, 1.807) is 16.7 Å². The van der Waals surface area contributed by atoms with Crippen molar-refractivity contribution in [1.29, 1.82) is 0 Å². The maximum absolute atomic E-state index is 12.5. The van der Waals surface area contributed by atoms with Crippen LogP contribution in [0.1, 0.15) is 31.2 Å². The fourth-order valence-electron chi connectivity index (χ4n) is 3.49. The van der Waals surface area contributed by atoms with Crippen molar-refractivity contribution in [3.63, 3.8) is 0 Å². The third-order valence-corrected chi connectivity index (χ3v) is 6.42. The third-order valence-electron chi connectivity index (χ3n) is 4.91. The minimum Gasteiger partial charge on any atom is -0.458 e. The Kier molecular flexibility index (Phi) is 3.91. The van der Waals surface area contributed by atoms with Crippen LogP contribution >= 0.6 is 11.8 Å². The topological polar surface area (TPSA) is 72.4 Å². The van der Waals surface area contributed by atoms with Crippen LogP contribution in [0, 0.1) is 6.92 Å². The smallest absolute Gasteiger partial charge is 0.330 e. The van der Waals surface area contributed by atoms with E-state index in [4.69, 9.17) is 4.74 Å². The van der Waals surface area contributed by atoms with E-state index < -0.39 is 6.04 Å². The summed E-state index contributed by atoms with van der Waals surface area (Å²) in [5.41, 5.74) is 2.99. The van der Waals surface area contributed by atoms with Gasteiger partial charge in [-0.25, -0.2) is 14.8 Å². The summed E-state index contributed by atoms with van der Waals surface area (Å²) in [6.45, 7) is 3.95. The van der Waals surface area contributed by atoms with Crippen LogP contribution in [0.15, 0.2) is 24.3 Å². The Morgan fingerprint density at radius 3 is 2.84 bits per heavy atom. The number of hydrogen-bond acceptors (Lipinski definition) is 6. The summed E-state index contributed by atoms with van der Waals surface area (Å²) in [7, 11) is 0. The van der Waals surface area contributed by atoms with Crippen LogP contribution in [0.25, 0.3) is 11.0 Å². The Morgan fingerprint density at radius 1 is 1.36 bits per heavy atom. The maximum atomic E-state index is 12.5. The first-order chi connectivity index (χ1) is 12.0. The number of thioether (sulfide) groups is 1. The van der Waals surface area contributed by atoms with E-state index in [1.165, 1.54) is 0 Å². The molecule has 7 heteroatoms. The van der Waals surface area contributed by atoms with Crippen molar-refractivity contribution in [2.75, 3.05) is 5.75 Å². The zero-order chi connectivity index (χ0) is 17.6. The predicted octanol–water partition coefficient (Wildman–Crippen LogP) is 2.44. The number of esters is 1. The average molecular weight is 357 g/mol. The number of aryl methyl sites for hydroxylation is 1. The highest BCUT2D eigenvalue weighted by Crippen LogP contribution is 2.47. The van der Waals surface area contributed by atoms with E-state index in [9.17, 15) is 9.59 Å². The standard InChI is InChI=1S/C18H19N3O3S/c1-11-14(20-13-6-4-3-5-12(13)19-11)9-24-17(23)15-10-25-18(2)8-7-16(22)21(15)18/h3-6,15H,7-10H2,1-2H3. The second-order valence-corrected chi connectivity index (χ2v) is 8.12. The van der Waals surface area contributed by atoms with Crippen molar-refractivity contribution < 1.29 is 14.3 Å². The quantitative estimate of drug-likeness (QED) is 0.786. The van der Waals surface area contributed by atoms with Crippen molar-refractivity contribution in [2.24, 2.45) is 0 Å². The van der Waals surface area contributed by atoms with Gasteiger partial charge in [-0.2, -0.15) is 0 Å². The Morgan fingerprint density at radius 2 is 2.08 bits per heavy atom. The van der Waals surface area contributed by atoms with Crippen LogP contribution in [0.2, 0.25) is 0 Å². The molecule has 1 aromatic carbocycles. The summed E-state index contributed by atoms with van der Waals surface area (Å²) in [6.07, 6.45) is 1.29. The normalized spacial score (nSPS) is 25.4. The van der Waals surface area contributed by atoms with E-state index in [0.29, 0.717) is 17.9 Å². The number of carbonyl (C=O) groups excluding carboxylic acids is 2. The average Bonchev–Trinajstić information content (AvgIpc) is 3.09. The van der Waals surface area contributed by atoms with Crippen molar-refractivity contribution in [3.05, 3.63) is 35.7 Å². The molecule has 0 N–H and O–H groups in total. The second-order valence-electron chi connectivity index (χ2n) is 6.62. The lowest BCUT2D eigenvalue weighted by atomic mass is 10.2. The van der Waals surface area contributed by atoms with Gasteiger partial charge in [-0.15, -0.1) is 11.8 Å². The van der Waals surface area contributed by atoms with Gasteiger partial charge < -0.3 is 9.64 Å². The van der Waals surface area contributed by atoms with Crippen LogP contribution in [0.4, 0.5) is 0 Å². The summed E-state index contributed by atoms with van der Waals surface area (Å²) in [6, 6.07) is 7.10. The minimum absolute atomic E-state index is 0.0381. The zero-order valence-electron chi connectivity index (χ0n) is 14.2. The van der Waals surface area contributed by atoms with Gasteiger partial charge in [0.2, 0.25) is 5.91 Å². The third kappa shape index (κ3) is 2.76. The van der Waals surface area contributed by atoms with Crippen LogP contribution < -0.4 is 0 Å². The Bertz CT molecular complexity index is 872. The number of para-hydroxylation sites is 2. The minimum atomic E-state index is -0.501. The van der Waals surface area contributed by atoms with Crippen LogP contribution in [-0.2, 0) is 20.9 Å². The lowest BCUT2D eigenvalue weighted by Crippen LogP contribution is -2.46. The molecule has 3 heterocycles. The van der Waals surface area contributed by atoms with E-state index >= 15 is 0 Å². The van der Waals surface area contributed by atoms with Gasteiger partial charge in [0, 0.05) is 12.2 Å². The molecule has 0 bridgehead atoms. The Labute approximate surface area is 150 Å². The molecule has 0 aliphatic carbocycles. The first kappa shape index (κ1) is 16.3. The zero-order valence-corrected chi connectivity index (χ0v) is 15.0. The monoisotopic (exact) mass is 357 g/mol. The molecule has 2 atom stereocenters. The molecule has 2 aliphatic heterocycles. The molecule has 0 radical (unpaired) electrons. The van der Waals surface area contributed by atoms with Crippen molar-refractivity contribution in [1.82, 2.24) is 14.9 Å². The first-order valence-corrected chi connectivity index (χ1v) is 9.31. The molecule has 1 aromatic heterocycles. The van der Waals surface area contributed by atoms with E-state index in [0.717, 1.165) is 23.1 Å². The molecule has 25 heavy (non-hydrogen) atoms. The molecule has 2 aliphatic rings. The van der Waals surface area contributed by atoms with Gasteiger partial charge in [-0.05, 0) is 32.4 Å². The van der Waals surface area contributed by atoms with E-state index in [-0.39, 0.29) is 23.4 Å². The van der Waals surface area contributed by atoms with E-state index in [2.05, 4.69) is 9.97 Å². The van der Waals surface area contributed by atoms with Gasteiger partial charge in [0.25, 0.3) is 0 Å². The van der Waals surface area contributed by atoms with Gasteiger partial charge >= 0.3 is 5.97 Å². The fraction of sp³-hybridized carbons (Fsp3) is 0.444.